The van der Waals surface area contributed by atoms with Gasteiger partial charge in [0.2, 0.25) is 26.0 Å². The van der Waals surface area contributed by atoms with E-state index in [0.29, 0.717) is 18.8 Å². The third-order valence-electron chi connectivity index (χ3n) is 4.83. The van der Waals surface area contributed by atoms with E-state index in [1.807, 2.05) is 0 Å². The summed E-state index contributed by atoms with van der Waals surface area (Å²) in [6.45, 7) is 0.863. The Labute approximate surface area is 184 Å². The molecule has 14 heteroatoms. The van der Waals surface area contributed by atoms with Gasteiger partial charge in [-0.15, -0.1) is 0 Å². The molecule has 0 aromatic heterocycles. The number of hydrogen-bond donors (Lipinski definition) is 2. The van der Waals surface area contributed by atoms with Crippen molar-refractivity contribution < 1.29 is 26.6 Å². The number of amides is 1. The fraction of sp³-hybridized carbons (Fsp3) is 0.278. The molecular formula is C18H21N5O7S2. The third kappa shape index (κ3) is 5.66. The largest absolute Gasteiger partial charge is 0.325 e. The SMILES string of the molecule is NS(=O)(=O)c1ccc(NC(=O)CN2CCN(S(=O)(=O)c3cccc([N+](=O)[O-])c3)CC2)cc1. The first-order valence-electron chi connectivity index (χ1n) is 9.36. The van der Waals surface area contributed by atoms with E-state index in [-0.39, 0.29) is 41.0 Å². The lowest BCUT2D eigenvalue weighted by atomic mass is 10.3. The Bertz CT molecular complexity index is 1220. The number of sulfonamides is 2. The van der Waals surface area contributed by atoms with Gasteiger partial charge >= 0.3 is 0 Å². The zero-order chi connectivity index (χ0) is 23.5. The van der Waals surface area contributed by atoms with E-state index < -0.39 is 25.0 Å². The molecule has 0 unspecified atom stereocenters. The van der Waals surface area contributed by atoms with E-state index in [1.54, 1.807) is 4.90 Å². The number of rotatable bonds is 7. The number of nitrogens with zero attached hydrogens (tertiary/aromatic N) is 3. The summed E-state index contributed by atoms with van der Waals surface area (Å²) in [5, 5.41) is 18.6. The molecule has 1 aliphatic rings. The van der Waals surface area contributed by atoms with Gasteiger partial charge in [-0.2, -0.15) is 4.31 Å². The average molecular weight is 484 g/mol. The first-order chi connectivity index (χ1) is 15.0. The highest BCUT2D eigenvalue weighted by Crippen LogP contribution is 2.22. The molecule has 0 saturated carbocycles. The molecule has 12 nitrogen and oxygen atoms in total. The van der Waals surface area contributed by atoms with Crippen molar-refractivity contribution in [2.45, 2.75) is 9.79 Å². The number of carbonyl (C=O) groups excluding carboxylic acids is 1. The molecule has 0 spiro atoms. The average Bonchev–Trinajstić information content (AvgIpc) is 2.74. The molecule has 32 heavy (non-hydrogen) atoms. The second-order valence-electron chi connectivity index (χ2n) is 7.05. The number of anilines is 1. The topological polar surface area (TPSA) is 173 Å². The van der Waals surface area contributed by atoms with Gasteiger partial charge < -0.3 is 5.32 Å². The molecule has 0 radical (unpaired) electrons. The first kappa shape index (κ1) is 23.7. The fourth-order valence-corrected chi connectivity index (χ4v) is 5.14. The Morgan fingerprint density at radius 1 is 1.00 bits per heavy atom. The van der Waals surface area contributed by atoms with Crippen LogP contribution in [0.4, 0.5) is 11.4 Å². The normalized spacial score (nSPS) is 15.9. The molecule has 1 fully saturated rings. The van der Waals surface area contributed by atoms with Crippen LogP contribution in [0.25, 0.3) is 0 Å². The number of nitro benzene ring substituents is 1. The van der Waals surface area contributed by atoms with Crippen molar-refractivity contribution in [3.8, 4) is 0 Å². The minimum Gasteiger partial charge on any atom is -0.325 e. The highest BCUT2D eigenvalue weighted by Gasteiger charge is 2.30. The van der Waals surface area contributed by atoms with Gasteiger partial charge in [0.05, 0.1) is 21.3 Å². The minimum absolute atomic E-state index is 0.0155. The van der Waals surface area contributed by atoms with Crippen molar-refractivity contribution in [3.05, 3.63) is 58.6 Å². The number of piperazine rings is 1. The van der Waals surface area contributed by atoms with E-state index in [0.717, 1.165) is 6.07 Å². The van der Waals surface area contributed by atoms with Crippen molar-refractivity contribution in [2.24, 2.45) is 5.14 Å². The quantitative estimate of drug-likeness (QED) is 0.414. The van der Waals surface area contributed by atoms with Crippen molar-refractivity contribution in [3.63, 3.8) is 0 Å². The summed E-state index contributed by atoms with van der Waals surface area (Å²) in [6, 6.07) is 10.3. The summed E-state index contributed by atoms with van der Waals surface area (Å²) in [6.07, 6.45) is 0. The van der Waals surface area contributed by atoms with E-state index >= 15 is 0 Å². The molecule has 1 amide bonds. The number of nitrogens with one attached hydrogen (secondary N) is 1. The Morgan fingerprint density at radius 2 is 1.62 bits per heavy atom. The summed E-state index contributed by atoms with van der Waals surface area (Å²) >= 11 is 0. The fourth-order valence-electron chi connectivity index (χ4n) is 3.17. The summed E-state index contributed by atoms with van der Waals surface area (Å²) in [5.41, 5.74) is 0.0905. The van der Waals surface area contributed by atoms with Crippen LogP contribution in [0, 0.1) is 10.1 Å². The van der Waals surface area contributed by atoms with Gasteiger partial charge in [-0.05, 0) is 30.3 Å². The maximum absolute atomic E-state index is 12.8. The molecule has 1 aliphatic heterocycles. The molecule has 1 saturated heterocycles. The number of carbonyl (C=O) groups is 1. The molecule has 172 valence electrons. The van der Waals surface area contributed by atoms with E-state index in [1.165, 1.54) is 46.8 Å². The van der Waals surface area contributed by atoms with Gasteiger partial charge in [-0.25, -0.2) is 22.0 Å². The van der Waals surface area contributed by atoms with Crippen molar-refractivity contribution in [1.29, 1.82) is 0 Å². The molecule has 1 heterocycles. The Kier molecular flexibility index (Phi) is 6.90. The van der Waals surface area contributed by atoms with Crippen LogP contribution in [0.3, 0.4) is 0 Å². The maximum atomic E-state index is 12.8. The van der Waals surface area contributed by atoms with Gasteiger partial charge in [0.25, 0.3) is 5.69 Å². The molecule has 2 aromatic carbocycles. The molecular weight excluding hydrogens is 462 g/mol. The van der Waals surface area contributed by atoms with Crippen LogP contribution in [0.5, 0.6) is 0 Å². The molecule has 3 rings (SSSR count). The molecule has 3 N–H and O–H groups in total. The Morgan fingerprint density at radius 3 is 2.19 bits per heavy atom. The van der Waals surface area contributed by atoms with Crippen LogP contribution in [-0.2, 0) is 24.8 Å². The predicted molar refractivity (Wildman–Crippen MR) is 115 cm³/mol. The van der Waals surface area contributed by atoms with Crippen LogP contribution >= 0.6 is 0 Å². The molecule has 0 bridgehead atoms. The van der Waals surface area contributed by atoms with E-state index in [2.05, 4.69) is 5.32 Å². The van der Waals surface area contributed by atoms with Crippen LogP contribution in [0.15, 0.2) is 58.3 Å². The minimum atomic E-state index is -3.89. The maximum Gasteiger partial charge on any atom is 0.270 e. The van der Waals surface area contributed by atoms with Crippen molar-refractivity contribution in [2.75, 3.05) is 38.0 Å². The van der Waals surface area contributed by atoms with Gasteiger partial charge in [0, 0.05) is 44.0 Å². The van der Waals surface area contributed by atoms with Crippen molar-refractivity contribution >= 4 is 37.3 Å². The molecule has 2 aromatic rings. The van der Waals surface area contributed by atoms with Gasteiger partial charge in [0.15, 0.2) is 0 Å². The van der Waals surface area contributed by atoms with Crippen LogP contribution in [0.2, 0.25) is 0 Å². The lowest BCUT2D eigenvalue weighted by Crippen LogP contribution is -2.50. The summed E-state index contributed by atoms with van der Waals surface area (Å²) < 4.78 is 49.3. The number of benzene rings is 2. The standard InChI is InChI=1S/C18H21N5O7S2/c19-31(27,28)16-6-4-14(5-7-16)20-18(24)13-21-8-10-22(11-9-21)32(29,30)17-3-1-2-15(12-17)23(25)26/h1-7,12H,8-11,13H2,(H,20,24)(H2,19,27,28). The lowest BCUT2D eigenvalue weighted by molar-refractivity contribution is -0.385. The zero-order valence-electron chi connectivity index (χ0n) is 16.7. The summed E-state index contributed by atoms with van der Waals surface area (Å²) in [4.78, 5) is 24.1. The number of hydrogen-bond acceptors (Lipinski definition) is 8. The predicted octanol–water partition coefficient (Wildman–Crippen LogP) is 0.187. The van der Waals surface area contributed by atoms with E-state index in [9.17, 15) is 31.7 Å². The summed E-state index contributed by atoms with van der Waals surface area (Å²) in [7, 11) is -7.72. The van der Waals surface area contributed by atoms with Gasteiger partial charge in [-0.3, -0.25) is 19.8 Å². The second-order valence-corrected chi connectivity index (χ2v) is 10.6. The Hall–Kier alpha value is -2.91. The zero-order valence-corrected chi connectivity index (χ0v) is 18.4. The van der Waals surface area contributed by atoms with Gasteiger partial charge in [0.1, 0.15) is 0 Å². The second kappa shape index (κ2) is 9.30. The summed E-state index contributed by atoms with van der Waals surface area (Å²) in [5.74, 6) is -0.344. The molecule has 0 atom stereocenters. The highest BCUT2D eigenvalue weighted by molar-refractivity contribution is 7.89. The molecule has 0 aliphatic carbocycles. The van der Waals surface area contributed by atoms with Gasteiger partial charge in [-0.1, -0.05) is 6.07 Å². The van der Waals surface area contributed by atoms with Crippen molar-refractivity contribution in [1.82, 2.24) is 9.21 Å². The first-order valence-corrected chi connectivity index (χ1v) is 12.3. The number of primary sulfonamides is 1. The third-order valence-corrected chi connectivity index (χ3v) is 7.66. The lowest BCUT2D eigenvalue weighted by Gasteiger charge is -2.33. The number of non-ortho nitro benzene ring substituents is 1. The monoisotopic (exact) mass is 483 g/mol. The number of nitrogens with two attached hydrogens (primary N) is 1. The highest BCUT2D eigenvalue weighted by atomic mass is 32.2. The van der Waals surface area contributed by atoms with Crippen LogP contribution < -0.4 is 10.5 Å². The smallest absolute Gasteiger partial charge is 0.270 e. The van der Waals surface area contributed by atoms with Crippen LogP contribution in [0.1, 0.15) is 0 Å². The number of nitro groups is 1. The Balaban J connectivity index is 1.56. The van der Waals surface area contributed by atoms with E-state index in [4.69, 9.17) is 5.14 Å². The van der Waals surface area contributed by atoms with Crippen LogP contribution in [-0.4, -0.2) is 69.6 Å².